The second-order valence-electron chi connectivity index (χ2n) is 4.82. The molecule has 0 spiro atoms. The zero-order valence-corrected chi connectivity index (χ0v) is 12.6. The predicted octanol–water partition coefficient (Wildman–Crippen LogP) is -0.455. The Bertz CT molecular complexity index is 618. The Balaban J connectivity index is 2.22. The van der Waals surface area contributed by atoms with E-state index in [-0.39, 0.29) is 31.4 Å². The number of nitrogen functional groups attached to an aromatic ring is 1. The van der Waals surface area contributed by atoms with E-state index in [4.69, 9.17) is 10.5 Å². The standard InChI is InChI=1S/C13H19N3O4S/c1-15-13(17)12-8-20-6-5-16(12)21(18,19)9-10-3-2-4-11(14)7-10/h2-4,7,12H,5-6,8-9,14H2,1H3,(H,15,17). The lowest BCUT2D eigenvalue weighted by Gasteiger charge is -2.33. The molecule has 1 amide bonds. The van der Waals surface area contributed by atoms with Gasteiger partial charge in [-0.25, -0.2) is 8.42 Å². The van der Waals surface area contributed by atoms with Crippen molar-refractivity contribution in [3.8, 4) is 0 Å². The number of anilines is 1. The second-order valence-corrected chi connectivity index (χ2v) is 6.74. The molecule has 7 nitrogen and oxygen atoms in total. The van der Waals surface area contributed by atoms with Crippen LogP contribution >= 0.6 is 0 Å². The molecule has 1 heterocycles. The van der Waals surface area contributed by atoms with Crippen molar-refractivity contribution in [2.24, 2.45) is 0 Å². The van der Waals surface area contributed by atoms with E-state index >= 15 is 0 Å². The van der Waals surface area contributed by atoms with Gasteiger partial charge in [0.1, 0.15) is 6.04 Å². The molecular weight excluding hydrogens is 294 g/mol. The summed E-state index contributed by atoms with van der Waals surface area (Å²) < 4.78 is 31.5. The number of rotatable bonds is 4. The minimum Gasteiger partial charge on any atom is -0.399 e. The summed E-state index contributed by atoms with van der Waals surface area (Å²) in [5, 5.41) is 2.46. The van der Waals surface area contributed by atoms with E-state index < -0.39 is 16.1 Å². The number of sulfonamides is 1. The molecule has 0 radical (unpaired) electrons. The van der Waals surface area contributed by atoms with E-state index in [1.807, 2.05) is 0 Å². The lowest BCUT2D eigenvalue weighted by atomic mass is 10.2. The highest BCUT2D eigenvalue weighted by molar-refractivity contribution is 7.88. The minimum atomic E-state index is -3.62. The number of ether oxygens (including phenoxy) is 1. The van der Waals surface area contributed by atoms with E-state index in [0.717, 1.165) is 0 Å². The van der Waals surface area contributed by atoms with E-state index in [2.05, 4.69) is 5.32 Å². The smallest absolute Gasteiger partial charge is 0.240 e. The molecule has 1 aliphatic rings. The molecule has 0 aromatic heterocycles. The first-order chi connectivity index (χ1) is 9.94. The van der Waals surface area contributed by atoms with E-state index in [0.29, 0.717) is 11.3 Å². The number of morpholine rings is 1. The average Bonchev–Trinajstić information content (AvgIpc) is 2.46. The van der Waals surface area contributed by atoms with Crippen molar-refractivity contribution in [3.05, 3.63) is 29.8 Å². The van der Waals surface area contributed by atoms with Crippen molar-refractivity contribution in [2.45, 2.75) is 11.8 Å². The molecule has 0 saturated carbocycles. The van der Waals surface area contributed by atoms with Crippen LogP contribution in [0, 0.1) is 0 Å². The normalized spacial score (nSPS) is 20.1. The van der Waals surface area contributed by atoms with Gasteiger partial charge in [0.15, 0.2) is 0 Å². The van der Waals surface area contributed by atoms with Crippen LogP contribution in [0.1, 0.15) is 5.56 Å². The number of hydrogen-bond donors (Lipinski definition) is 2. The average molecular weight is 313 g/mol. The molecule has 1 fully saturated rings. The third-order valence-corrected chi connectivity index (χ3v) is 5.14. The topological polar surface area (TPSA) is 102 Å². The molecule has 116 valence electrons. The molecule has 1 atom stereocenters. The first-order valence-electron chi connectivity index (χ1n) is 6.57. The first kappa shape index (κ1) is 15.7. The van der Waals surface area contributed by atoms with Crippen LogP contribution in [0.4, 0.5) is 5.69 Å². The second kappa shape index (κ2) is 6.42. The number of carbonyl (C=O) groups is 1. The van der Waals surface area contributed by atoms with Crippen LogP contribution in [-0.4, -0.2) is 51.5 Å². The number of likely N-dealkylation sites (N-methyl/N-ethyl adjacent to an activating group) is 1. The minimum absolute atomic E-state index is 0.0653. The lowest BCUT2D eigenvalue weighted by Crippen LogP contribution is -2.55. The molecule has 1 aliphatic heterocycles. The number of amides is 1. The summed E-state index contributed by atoms with van der Waals surface area (Å²) in [6, 6.07) is 5.89. The molecule has 3 N–H and O–H groups in total. The van der Waals surface area contributed by atoms with Gasteiger partial charge in [0.25, 0.3) is 0 Å². The maximum absolute atomic E-state index is 12.5. The van der Waals surface area contributed by atoms with Crippen molar-refractivity contribution in [1.82, 2.24) is 9.62 Å². The van der Waals surface area contributed by atoms with Gasteiger partial charge in [-0.1, -0.05) is 12.1 Å². The van der Waals surface area contributed by atoms with E-state index in [9.17, 15) is 13.2 Å². The lowest BCUT2D eigenvalue weighted by molar-refractivity contribution is -0.128. The molecule has 1 saturated heterocycles. The zero-order valence-electron chi connectivity index (χ0n) is 11.8. The van der Waals surface area contributed by atoms with Crippen LogP contribution in [0.25, 0.3) is 0 Å². The van der Waals surface area contributed by atoms with E-state index in [1.165, 1.54) is 11.4 Å². The highest BCUT2D eigenvalue weighted by Crippen LogP contribution is 2.18. The number of nitrogens with two attached hydrogens (primary N) is 1. The third kappa shape index (κ3) is 3.72. The predicted molar refractivity (Wildman–Crippen MR) is 78.9 cm³/mol. The van der Waals surface area contributed by atoms with Crippen LogP contribution in [0.5, 0.6) is 0 Å². The van der Waals surface area contributed by atoms with Crippen molar-refractivity contribution in [3.63, 3.8) is 0 Å². The number of carbonyl (C=O) groups excluding carboxylic acids is 1. The first-order valence-corrected chi connectivity index (χ1v) is 8.18. The maximum Gasteiger partial charge on any atom is 0.240 e. The third-order valence-electron chi connectivity index (χ3n) is 3.29. The Morgan fingerprint density at radius 2 is 2.29 bits per heavy atom. The van der Waals surface area contributed by atoms with Crippen LogP contribution in [-0.2, 0) is 25.3 Å². The quantitative estimate of drug-likeness (QED) is 0.733. The highest BCUT2D eigenvalue weighted by atomic mass is 32.2. The maximum atomic E-state index is 12.5. The van der Waals surface area contributed by atoms with E-state index in [1.54, 1.807) is 24.3 Å². The Morgan fingerprint density at radius 1 is 1.52 bits per heavy atom. The van der Waals surface area contributed by atoms with Crippen molar-refractivity contribution in [1.29, 1.82) is 0 Å². The molecule has 0 aliphatic carbocycles. The molecule has 0 bridgehead atoms. The summed E-state index contributed by atoms with van der Waals surface area (Å²) in [4.78, 5) is 11.8. The zero-order chi connectivity index (χ0) is 15.5. The molecule has 8 heteroatoms. The van der Waals surface area contributed by atoms with Crippen molar-refractivity contribution < 1.29 is 17.9 Å². The van der Waals surface area contributed by atoms with Crippen molar-refractivity contribution in [2.75, 3.05) is 32.5 Å². The molecule has 2 rings (SSSR count). The van der Waals surface area contributed by atoms with Crippen molar-refractivity contribution >= 4 is 21.6 Å². The van der Waals surface area contributed by atoms with Crippen LogP contribution in [0.2, 0.25) is 0 Å². The summed E-state index contributed by atoms with van der Waals surface area (Å²) in [7, 11) is -2.15. The van der Waals surface area contributed by atoms with Crippen LogP contribution < -0.4 is 11.1 Å². The van der Waals surface area contributed by atoms with Gasteiger partial charge in [0, 0.05) is 19.3 Å². The van der Waals surface area contributed by atoms with Gasteiger partial charge in [-0.3, -0.25) is 4.79 Å². The summed E-state index contributed by atoms with van der Waals surface area (Å²) in [5.41, 5.74) is 6.76. The summed E-state index contributed by atoms with van der Waals surface area (Å²) in [6.45, 7) is 0.516. The van der Waals surface area contributed by atoms with Gasteiger partial charge in [-0.05, 0) is 17.7 Å². The fraction of sp³-hybridized carbons (Fsp3) is 0.462. The Hall–Kier alpha value is -1.64. The fourth-order valence-electron chi connectivity index (χ4n) is 2.27. The Labute approximate surface area is 124 Å². The van der Waals surface area contributed by atoms with Gasteiger partial charge in [-0.15, -0.1) is 0 Å². The number of nitrogens with zero attached hydrogens (tertiary/aromatic N) is 1. The molecule has 1 unspecified atom stereocenters. The largest absolute Gasteiger partial charge is 0.399 e. The van der Waals surface area contributed by atoms with Crippen LogP contribution in [0.3, 0.4) is 0 Å². The van der Waals surface area contributed by atoms with Gasteiger partial charge < -0.3 is 15.8 Å². The van der Waals surface area contributed by atoms with Gasteiger partial charge in [0.05, 0.1) is 19.0 Å². The van der Waals surface area contributed by atoms with Crippen LogP contribution in [0.15, 0.2) is 24.3 Å². The fourth-order valence-corrected chi connectivity index (χ4v) is 3.93. The molecular formula is C13H19N3O4S. The molecule has 1 aromatic carbocycles. The summed E-state index contributed by atoms with van der Waals surface area (Å²) in [5.74, 6) is -0.559. The Kier molecular flexibility index (Phi) is 4.81. The highest BCUT2D eigenvalue weighted by Gasteiger charge is 2.36. The monoisotopic (exact) mass is 313 g/mol. The van der Waals surface area contributed by atoms with Gasteiger partial charge in [-0.2, -0.15) is 4.31 Å². The SMILES string of the molecule is CNC(=O)C1COCCN1S(=O)(=O)Cc1cccc(N)c1. The summed E-state index contributed by atoms with van der Waals surface area (Å²) >= 11 is 0. The van der Waals surface area contributed by atoms with Gasteiger partial charge in [0.2, 0.25) is 15.9 Å². The molecule has 21 heavy (non-hydrogen) atoms. The molecule has 1 aromatic rings. The number of hydrogen-bond acceptors (Lipinski definition) is 5. The number of benzene rings is 1. The van der Waals surface area contributed by atoms with Gasteiger partial charge >= 0.3 is 0 Å². The number of nitrogens with one attached hydrogen (secondary N) is 1. The summed E-state index contributed by atoms with van der Waals surface area (Å²) in [6.07, 6.45) is 0. The Morgan fingerprint density at radius 3 is 2.95 bits per heavy atom.